The molecule has 1 saturated heterocycles. The number of amides is 1. The molecule has 27 heavy (non-hydrogen) atoms. The van der Waals surface area contributed by atoms with Gasteiger partial charge in [0.2, 0.25) is 0 Å². The van der Waals surface area contributed by atoms with Crippen LogP contribution in [-0.2, 0) is 22.5 Å². The Hall–Kier alpha value is -2.37. The van der Waals surface area contributed by atoms with Gasteiger partial charge >= 0.3 is 5.97 Å². The minimum absolute atomic E-state index is 0.0970. The minimum atomic E-state index is -0.716. The number of fused-ring (bicyclic) bond motifs is 1. The zero-order valence-electron chi connectivity index (χ0n) is 14.9. The van der Waals surface area contributed by atoms with Crippen LogP contribution in [0.1, 0.15) is 21.5 Å². The molecule has 2 aliphatic heterocycles. The summed E-state index contributed by atoms with van der Waals surface area (Å²) < 4.78 is 5.41. The maximum absolute atomic E-state index is 12.8. The third-order valence-electron chi connectivity index (χ3n) is 5.15. The van der Waals surface area contributed by atoms with Gasteiger partial charge in [-0.25, -0.2) is 4.79 Å². The molecule has 0 saturated carbocycles. The van der Waals surface area contributed by atoms with Crippen LogP contribution >= 0.6 is 11.6 Å². The molecule has 0 bridgehead atoms. The van der Waals surface area contributed by atoms with Gasteiger partial charge in [0.25, 0.3) is 5.91 Å². The normalized spacial score (nSPS) is 20.1. The molecule has 4 rings (SSSR count). The van der Waals surface area contributed by atoms with Crippen molar-refractivity contribution < 1.29 is 14.3 Å². The molecule has 140 valence electrons. The van der Waals surface area contributed by atoms with E-state index in [0.717, 1.165) is 30.2 Å². The van der Waals surface area contributed by atoms with Crippen molar-refractivity contribution in [1.29, 1.82) is 0 Å². The minimum Gasteiger partial charge on any atom is -0.448 e. The third-order valence-corrected chi connectivity index (χ3v) is 5.38. The summed E-state index contributed by atoms with van der Waals surface area (Å²) in [4.78, 5) is 29.1. The molecule has 1 fully saturated rings. The van der Waals surface area contributed by atoms with Crippen LogP contribution in [-0.4, -0.2) is 54.0 Å². The number of carbonyl (C=O) groups excluding carboxylic acids is 2. The third kappa shape index (κ3) is 3.99. The Morgan fingerprint density at radius 2 is 1.85 bits per heavy atom. The van der Waals surface area contributed by atoms with Gasteiger partial charge in [-0.15, -0.1) is 0 Å². The maximum Gasteiger partial charge on any atom is 0.339 e. The smallest absolute Gasteiger partial charge is 0.339 e. The van der Waals surface area contributed by atoms with Crippen molar-refractivity contribution in [3.05, 3.63) is 70.2 Å². The van der Waals surface area contributed by atoms with Gasteiger partial charge in [0.1, 0.15) is 0 Å². The number of hydrogen-bond donors (Lipinski definition) is 0. The number of piperazine rings is 1. The molecule has 2 aliphatic rings. The van der Waals surface area contributed by atoms with Gasteiger partial charge in [0, 0.05) is 44.2 Å². The van der Waals surface area contributed by atoms with Gasteiger partial charge in [-0.3, -0.25) is 9.69 Å². The number of hydrogen-bond acceptors (Lipinski definition) is 4. The number of esters is 1. The van der Waals surface area contributed by atoms with Crippen LogP contribution in [0.15, 0.2) is 48.5 Å². The maximum atomic E-state index is 12.8. The van der Waals surface area contributed by atoms with Crippen molar-refractivity contribution >= 4 is 23.5 Å². The molecule has 5 nitrogen and oxygen atoms in total. The predicted octanol–water partition coefficient (Wildman–Crippen LogP) is 2.77. The average Bonchev–Trinajstić information content (AvgIpc) is 2.68. The molecule has 0 aliphatic carbocycles. The molecule has 0 radical (unpaired) electrons. The summed E-state index contributed by atoms with van der Waals surface area (Å²) in [5, 5.41) is 0.737. The van der Waals surface area contributed by atoms with Crippen molar-refractivity contribution in [2.75, 3.05) is 26.2 Å². The predicted molar refractivity (Wildman–Crippen MR) is 103 cm³/mol. The number of rotatable bonds is 3. The number of carbonyl (C=O) groups is 2. The zero-order valence-corrected chi connectivity index (χ0v) is 15.7. The fourth-order valence-corrected chi connectivity index (χ4v) is 3.91. The fourth-order valence-electron chi connectivity index (χ4n) is 3.69. The van der Waals surface area contributed by atoms with Crippen LogP contribution < -0.4 is 0 Å². The molecule has 0 N–H and O–H groups in total. The van der Waals surface area contributed by atoms with Gasteiger partial charge in [0.15, 0.2) is 6.10 Å². The van der Waals surface area contributed by atoms with Crippen LogP contribution in [0, 0.1) is 0 Å². The highest BCUT2D eigenvalue weighted by molar-refractivity contribution is 6.30. The lowest BCUT2D eigenvalue weighted by Gasteiger charge is -2.37. The zero-order chi connectivity index (χ0) is 18.8. The highest BCUT2D eigenvalue weighted by Crippen LogP contribution is 2.22. The molecule has 1 amide bonds. The molecule has 6 heteroatoms. The van der Waals surface area contributed by atoms with E-state index in [1.165, 1.54) is 5.56 Å². The second-order valence-electron chi connectivity index (χ2n) is 6.99. The van der Waals surface area contributed by atoms with Crippen molar-refractivity contribution in [3.63, 3.8) is 0 Å². The van der Waals surface area contributed by atoms with E-state index >= 15 is 0 Å². The summed E-state index contributed by atoms with van der Waals surface area (Å²) in [6.45, 7) is 3.66. The number of nitrogens with zero attached hydrogens (tertiary/aromatic N) is 2. The molecule has 0 spiro atoms. The van der Waals surface area contributed by atoms with E-state index in [2.05, 4.69) is 11.0 Å². The van der Waals surface area contributed by atoms with Crippen molar-refractivity contribution in [2.24, 2.45) is 0 Å². The summed E-state index contributed by atoms with van der Waals surface area (Å²) in [5.41, 5.74) is 2.61. The Morgan fingerprint density at radius 3 is 2.63 bits per heavy atom. The highest BCUT2D eigenvalue weighted by Gasteiger charge is 2.34. The molecule has 2 heterocycles. The molecular formula is C21H21ClN2O3. The lowest BCUT2D eigenvalue weighted by molar-refractivity contribution is -0.142. The van der Waals surface area contributed by atoms with Gasteiger partial charge in [0.05, 0.1) is 5.56 Å². The number of benzene rings is 2. The number of halogens is 1. The quantitative estimate of drug-likeness (QED) is 0.763. The van der Waals surface area contributed by atoms with Crippen LogP contribution in [0.5, 0.6) is 0 Å². The first-order valence-electron chi connectivity index (χ1n) is 9.14. The summed E-state index contributed by atoms with van der Waals surface area (Å²) >= 11 is 6.05. The first kappa shape index (κ1) is 18.0. The Morgan fingerprint density at radius 1 is 1.07 bits per heavy atom. The fraction of sp³-hybridized carbons (Fsp3) is 0.333. The Kier molecular flexibility index (Phi) is 5.14. The summed E-state index contributed by atoms with van der Waals surface area (Å²) in [6.07, 6.45) is -0.268. The number of cyclic esters (lactones) is 1. The topological polar surface area (TPSA) is 49.9 Å². The van der Waals surface area contributed by atoms with Gasteiger partial charge in [-0.2, -0.15) is 0 Å². The molecule has 0 aromatic heterocycles. The van der Waals surface area contributed by atoms with E-state index in [-0.39, 0.29) is 5.91 Å². The first-order chi connectivity index (χ1) is 13.1. The van der Waals surface area contributed by atoms with Crippen LogP contribution in [0.4, 0.5) is 0 Å². The Labute approximate surface area is 163 Å². The second-order valence-corrected chi connectivity index (χ2v) is 7.42. The van der Waals surface area contributed by atoms with Crippen LogP contribution in [0.25, 0.3) is 0 Å². The lowest BCUT2D eigenvalue weighted by Crippen LogP contribution is -2.52. The lowest BCUT2D eigenvalue weighted by atomic mass is 9.98. The van der Waals surface area contributed by atoms with Crippen LogP contribution in [0.2, 0.25) is 5.02 Å². The Balaban J connectivity index is 1.34. The highest BCUT2D eigenvalue weighted by atomic mass is 35.5. The molecule has 2 aromatic rings. The van der Waals surface area contributed by atoms with E-state index in [9.17, 15) is 9.59 Å². The average molecular weight is 385 g/mol. The van der Waals surface area contributed by atoms with E-state index < -0.39 is 12.1 Å². The van der Waals surface area contributed by atoms with Crippen LogP contribution in [0.3, 0.4) is 0 Å². The summed E-state index contributed by atoms with van der Waals surface area (Å²) in [6, 6.07) is 15.2. The summed E-state index contributed by atoms with van der Waals surface area (Å²) in [7, 11) is 0. The van der Waals surface area contributed by atoms with Gasteiger partial charge in [-0.05, 0) is 29.3 Å². The van der Waals surface area contributed by atoms with E-state index in [0.29, 0.717) is 25.1 Å². The van der Waals surface area contributed by atoms with Crippen molar-refractivity contribution in [3.8, 4) is 0 Å². The SMILES string of the molecule is O=C1OC(C(=O)N2CCN(Cc3cccc(Cl)c3)CC2)Cc2ccccc21. The molecular weight excluding hydrogens is 364 g/mol. The largest absolute Gasteiger partial charge is 0.448 e. The van der Waals surface area contributed by atoms with Crippen molar-refractivity contribution in [1.82, 2.24) is 9.80 Å². The van der Waals surface area contributed by atoms with Gasteiger partial charge in [-0.1, -0.05) is 41.9 Å². The molecule has 2 aromatic carbocycles. The number of ether oxygens (including phenoxy) is 1. The Bertz CT molecular complexity index is 862. The van der Waals surface area contributed by atoms with E-state index in [1.54, 1.807) is 17.0 Å². The first-order valence-corrected chi connectivity index (χ1v) is 9.52. The monoisotopic (exact) mass is 384 g/mol. The molecule has 1 atom stereocenters. The van der Waals surface area contributed by atoms with E-state index in [1.807, 2.05) is 30.3 Å². The standard InChI is InChI=1S/C21H21ClN2O3/c22-17-6-3-4-15(12-17)14-23-8-10-24(11-9-23)20(25)19-13-16-5-1-2-7-18(16)21(26)27-19/h1-7,12,19H,8-11,13-14H2. The van der Waals surface area contributed by atoms with E-state index in [4.69, 9.17) is 16.3 Å². The summed E-state index contributed by atoms with van der Waals surface area (Å²) in [5.74, 6) is -0.505. The van der Waals surface area contributed by atoms with Crippen molar-refractivity contribution in [2.45, 2.75) is 19.1 Å². The molecule has 1 unspecified atom stereocenters. The van der Waals surface area contributed by atoms with Gasteiger partial charge < -0.3 is 9.64 Å². The second kappa shape index (κ2) is 7.71.